The van der Waals surface area contributed by atoms with E-state index in [4.69, 9.17) is 0 Å². The second-order valence-corrected chi connectivity index (χ2v) is 6.95. The van der Waals surface area contributed by atoms with Gasteiger partial charge in [-0.2, -0.15) is 0 Å². The van der Waals surface area contributed by atoms with Crippen molar-refractivity contribution in [2.75, 3.05) is 19.6 Å². The Balaban J connectivity index is 1.74. The molecule has 1 aromatic carbocycles. The molecule has 1 aromatic heterocycles. The summed E-state index contributed by atoms with van der Waals surface area (Å²) in [4.78, 5) is 31.7. The van der Waals surface area contributed by atoms with E-state index in [0.717, 1.165) is 30.5 Å². The maximum absolute atomic E-state index is 13.0. The van der Waals surface area contributed by atoms with Gasteiger partial charge >= 0.3 is 0 Å². The third kappa shape index (κ3) is 4.24. The minimum Gasteiger partial charge on any atom is -0.349 e. The number of carbonyl (C=O) groups excluding carboxylic acids is 2. The summed E-state index contributed by atoms with van der Waals surface area (Å²) in [5.41, 5.74) is 2.23. The number of rotatable bonds is 7. The summed E-state index contributed by atoms with van der Waals surface area (Å²) < 4.78 is 14.9. The zero-order valence-corrected chi connectivity index (χ0v) is 16.5. The predicted octanol–water partition coefficient (Wildman–Crippen LogP) is 2.81. The van der Waals surface area contributed by atoms with E-state index in [9.17, 15) is 14.0 Å². The zero-order chi connectivity index (χ0) is 20.1. The van der Waals surface area contributed by atoms with Crippen LogP contribution in [-0.2, 0) is 19.4 Å². The second-order valence-electron chi connectivity index (χ2n) is 6.95. The molecule has 6 nitrogen and oxygen atoms in total. The van der Waals surface area contributed by atoms with Gasteiger partial charge in [-0.25, -0.2) is 9.37 Å². The van der Waals surface area contributed by atoms with Crippen molar-refractivity contribution >= 4 is 11.8 Å². The molecule has 1 aliphatic rings. The van der Waals surface area contributed by atoms with Gasteiger partial charge in [0.15, 0.2) is 5.82 Å². The van der Waals surface area contributed by atoms with Crippen LogP contribution in [0.25, 0.3) is 0 Å². The molecule has 2 aromatic rings. The average Bonchev–Trinajstić information content (AvgIpc) is 3.10. The SMILES string of the molecule is CCN(CC)C(=O)c1nc(C(=O)NCCc2ccc(F)cc2)n2c1CCCC2. The lowest BCUT2D eigenvalue weighted by Gasteiger charge is -2.20. The third-order valence-electron chi connectivity index (χ3n) is 5.19. The van der Waals surface area contributed by atoms with Crippen molar-refractivity contribution in [1.29, 1.82) is 0 Å². The fraction of sp³-hybridized carbons (Fsp3) is 0.476. The fourth-order valence-corrected chi connectivity index (χ4v) is 3.60. The highest BCUT2D eigenvalue weighted by Gasteiger charge is 2.29. The summed E-state index contributed by atoms with van der Waals surface area (Å²) in [6, 6.07) is 6.24. The van der Waals surface area contributed by atoms with E-state index in [1.807, 2.05) is 18.4 Å². The predicted molar refractivity (Wildman–Crippen MR) is 105 cm³/mol. The van der Waals surface area contributed by atoms with Crippen molar-refractivity contribution < 1.29 is 14.0 Å². The van der Waals surface area contributed by atoms with Crippen LogP contribution in [0.2, 0.25) is 0 Å². The first-order valence-corrected chi connectivity index (χ1v) is 9.96. The van der Waals surface area contributed by atoms with Gasteiger partial charge in [0.2, 0.25) is 0 Å². The Morgan fingerprint density at radius 1 is 1.18 bits per heavy atom. The summed E-state index contributed by atoms with van der Waals surface area (Å²) in [6.45, 7) is 6.22. The molecule has 0 unspecified atom stereocenters. The van der Waals surface area contributed by atoms with Gasteiger partial charge in [0.25, 0.3) is 11.8 Å². The largest absolute Gasteiger partial charge is 0.349 e. The van der Waals surface area contributed by atoms with Crippen LogP contribution >= 0.6 is 0 Å². The first-order chi connectivity index (χ1) is 13.5. The molecule has 3 rings (SSSR count). The van der Waals surface area contributed by atoms with Crippen LogP contribution in [-0.4, -0.2) is 45.9 Å². The lowest BCUT2D eigenvalue weighted by atomic mass is 10.1. The van der Waals surface area contributed by atoms with Crippen LogP contribution in [0.15, 0.2) is 24.3 Å². The molecule has 0 radical (unpaired) electrons. The Labute approximate surface area is 164 Å². The number of halogens is 1. The van der Waals surface area contributed by atoms with Crippen molar-refractivity contribution in [2.45, 2.75) is 46.1 Å². The Hall–Kier alpha value is -2.70. The summed E-state index contributed by atoms with van der Waals surface area (Å²) in [7, 11) is 0. The number of imidazole rings is 1. The van der Waals surface area contributed by atoms with Crippen LogP contribution < -0.4 is 5.32 Å². The van der Waals surface area contributed by atoms with Gasteiger partial charge in [-0.3, -0.25) is 9.59 Å². The van der Waals surface area contributed by atoms with Crippen LogP contribution in [0.3, 0.4) is 0 Å². The molecule has 1 N–H and O–H groups in total. The Morgan fingerprint density at radius 3 is 2.57 bits per heavy atom. The number of fused-ring (bicyclic) bond motifs is 1. The lowest BCUT2D eigenvalue weighted by molar-refractivity contribution is 0.0766. The van der Waals surface area contributed by atoms with E-state index in [1.54, 1.807) is 17.0 Å². The summed E-state index contributed by atoms with van der Waals surface area (Å²) in [5, 5.41) is 2.88. The van der Waals surface area contributed by atoms with Crippen molar-refractivity contribution in [2.24, 2.45) is 0 Å². The molecule has 150 valence electrons. The summed E-state index contributed by atoms with van der Waals surface area (Å²) in [6.07, 6.45) is 3.33. The van der Waals surface area contributed by atoms with Crippen LogP contribution in [0.4, 0.5) is 4.39 Å². The van der Waals surface area contributed by atoms with E-state index in [1.165, 1.54) is 12.1 Å². The van der Waals surface area contributed by atoms with Crippen molar-refractivity contribution in [1.82, 2.24) is 19.8 Å². The number of aromatic nitrogens is 2. The molecule has 0 atom stereocenters. The van der Waals surface area contributed by atoms with Gasteiger partial charge in [0.1, 0.15) is 11.5 Å². The number of carbonyl (C=O) groups is 2. The van der Waals surface area contributed by atoms with Crippen molar-refractivity contribution in [3.05, 3.63) is 52.9 Å². The molecule has 0 aliphatic carbocycles. The molecule has 0 saturated carbocycles. The van der Waals surface area contributed by atoms with Crippen LogP contribution in [0, 0.1) is 5.82 Å². The molecule has 1 aliphatic heterocycles. The molecular formula is C21H27FN4O2. The summed E-state index contributed by atoms with van der Waals surface area (Å²) >= 11 is 0. The molecule has 28 heavy (non-hydrogen) atoms. The normalized spacial score (nSPS) is 13.1. The van der Waals surface area contributed by atoms with Gasteiger partial charge < -0.3 is 14.8 Å². The summed E-state index contributed by atoms with van der Waals surface area (Å²) in [5.74, 6) is -0.351. The quantitative estimate of drug-likeness (QED) is 0.796. The standard InChI is InChI=1S/C21H27FN4O2/c1-3-25(4-2)21(28)18-17-7-5-6-14-26(17)19(24-18)20(27)23-13-12-15-8-10-16(22)11-9-15/h8-11H,3-7,12-14H2,1-2H3,(H,23,27). The Bertz CT molecular complexity index is 841. The van der Waals surface area contributed by atoms with Crippen LogP contribution in [0.1, 0.15) is 59.1 Å². The number of nitrogens with one attached hydrogen (secondary N) is 1. The smallest absolute Gasteiger partial charge is 0.287 e. The Morgan fingerprint density at radius 2 is 1.89 bits per heavy atom. The topological polar surface area (TPSA) is 67.2 Å². The van der Waals surface area contributed by atoms with Gasteiger partial charge in [-0.05, 0) is 57.2 Å². The third-order valence-corrected chi connectivity index (χ3v) is 5.19. The molecule has 2 amide bonds. The molecule has 0 spiro atoms. The molecule has 0 bridgehead atoms. The number of benzene rings is 1. The van der Waals surface area contributed by atoms with E-state index >= 15 is 0 Å². The number of hydrogen-bond acceptors (Lipinski definition) is 3. The van der Waals surface area contributed by atoms with Gasteiger partial charge in [0, 0.05) is 26.2 Å². The minimum atomic E-state index is -0.276. The second kappa shape index (κ2) is 8.99. The number of nitrogens with zero attached hydrogens (tertiary/aromatic N) is 3. The molecule has 7 heteroatoms. The Kier molecular flexibility index (Phi) is 6.44. The van der Waals surface area contributed by atoms with Crippen LogP contribution in [0.5, 0.6) is 0 Å². The van der Waals surface area contributed by atoms with Gasteiger partial charge in [-0.15, -0.1) is 0 Å². The highest BCUT2D eigenvalue weighted by Crippen LogP contribution is 2.22. The number of hydrogen-bond donors (Lipinski definition) is 1. The van der Waals surface area contributed by atoms with E-state index < -0.39 is 0 Å². The van der Waals surface area contributed by atoms with E-state index in [2.05, 4.69) is 10.3 Å². The highest BCUT2D eigenvalue weighted by atomic mass is 19.1. The minimum absolute atomic E-state index is 0.110. The zero-order valence-electron chi connectivity index (χ0n) is 16.5. The van der Waals surface area contributed by atoms with Gasteiger partial charge in [0.05, 0.1) is 5.69 Å². The molecule has 2 heterocycles. The molecular weight excluding hydrogens is 359 g/mol. The van der Waals surface area contributed by atoms with E-state index in [0.29, 0.717) is 44.1 Å². The maximum Gasteiger partial charge on any atom is 0.287 e. The molecule has 0 saturated heterocycles. The number of amides is 2. The lowest BCUT2D eigenvalue weighted by Crippen LogP contribution is -2.31. The first kappa shape index (κ1) is 20.0. The highest BCUT2D eigenvalue weighted by molar-refractivity contribution is 5.97. The van der Waals surface area contributed by atoms with Crippen molar-refractivity contribution in [3.8, 4) is 0 Å². The van der Waals surface area contributed by atoms with Crippen molar-refractivity contribution in [3.63, 3.8) is 0 Å². The fourth-order valence-electron chi connectivity index (χ4n) is 3.60. The molecule has 0 fully saturated rings. The monoisotopic (exact) mass is 386 g/mol. The first-order valence-electron chi connectivity index (χ1n) is 9.96. The average molecular weight is 386 g/mol. The maximum atomic E-state index is 13.0. The van der Waals surface area contributed by atoms with Gasteiger partial charge in [-0.1, -0.05) is 12.1 Å². The van der Waals surface area contributed by atoms with E-state index in [-0.39, 0.29) is 17.6 Å².